The lowest BCUT2D eigenvalue weighted by Crippen LogP contribution is -2.35. The third-order valence-corrected chi connectivity index (χ3v) is 3.63. The highest BCUT2D eigenvalue weighted by Gasteiger charge is 2.33. The van der Waals surface area contributed by atoms with Crippen molar-refractivity contribution < 1.29 is 24.6 Å². The summed E-state index contributed by atoms with van der Waals surface area (Å²) >= 11 is 0. The standard InChI is InChI=1S/C14H18O5.C2H6/c1-7-8(2)12(16)10(9(3)11(7)15)5-6-14(4,19)13(17)18;1-2/h19H,5-6H2,1-4H3,(H,17,18);1-2H3. The number of Topliss-reactive ketones (excluding diaryl/α,β-unsaturated/α-hetero) is 2. The fraction of sp³-hybridized carbons (Fsp3) is 0.562. The third-order valence-electron chi connectivity index (χ3n) is 3.63. The first-order valence-electron chi connectivity index (χ1n) is 7.02. The van der Waals surface area contributed by atoms with Crippen molar-refractivity contribution in [3.8, 4) is 0 Å². The molecule has 0 spiro atoms. The highest BCUT2D eigenvalue weighted by Crippen LogP contribution is 2.28. The van der Waals surface area contributed by atoms with Crippen LogP contribution in [-0.2, 0) is 14.4 Å². The Morgan fingerprint density at radius 1 is 1.00 bits per heavy atom. The number of aliphatic hydroxyl groups is 1. The largest absolute Gasteiger partial charge is 0.479 e. The van der Waals surface area contributed by atoms with Crippen LogP contribution in [0.4, 0.5) is 0 Å². The molecule has 0 fully saturated rings. The van der Waals surface area contributed by atoms with Crippen LogP contribution in [-0.4, -0.2) is 33.3 Å². The van der Waals surface area contributed by atoms with Crippen molar-refractivity contribution in [2.45, 2.75) is 60.0 Å². The monoisotopic (exact) mass is 296 g/mol. The van der Waals surface area contributed by atoms with Gasteiger partial charge in [0.15, 0.2) is 17.2 Å². The SMILES string of the molecule is CC.CC1=C(C)C(=O)C(CCC(C)(O)C(=O)O)=C(C)C1=O. The maximum atomic E-state index is 12.1. The maximum absolute atomic E-state index is 12.1. The summed E-state index contributed by atoms with van der Waals surface area (Å²) in [6, 6.07) is 0. The van der Waals surface area contributed by atoms with Crippen LogP contribution in [0.5, 0.6) is 0 Å². The molecule has 118 valence electrons. The summed E-state index contributed by atoms with van der Waals surface area (Å²) in [6.45, 7) is 9.91. The molecule has 0 saturated carbocycles. The summed E-state index contributed by atoms with van der Waals surface area (Å²) in [7, 11) is 0. The Kier molecular flexibility index (Phi) is 6.70. The van der Waals surface area contributed by atoms with Crippen LogP contribution >= 0.6 is 0 Å². The molecule has 0 aromatic carbocycles. The second-order valence-electron chi connectivity index (χ2n) is 5.09. The minimum Gasteiger partial charge on any atom is -0.479 e. The zero-order valence-corrected chi connectivity index (χ0v) is 13.5. The molecule has 1 unspecified atom stereocenters. The number of hydrogen-bond acceptors (Lipinski definition) is 4. The van der Waals surface area contributed by atoms with Gasteiger partial charge < -0.3 is 10.2 Å². The lowest BCUT2D eigenvalue weighted by atomic mass is 9.82. The molecule has 2 N–H and O–H groups in total. The first-order chi connectivity index (χ1) is 9.59. The Morgan fingerprint density at radius 2 is 1.43 bits per heavy atom. The normalized spacial score (nSPS) is 18.2. The van der Waals surface area contributed by atoms with Crippen molar-refractivity contribution in [3.63, 3.8) is 0 Å². The number of allylic oxidation sites excluding steroid dienone is 4. The van der Waals surface area contributed by atoms with Crippen molar-refractivity contribution >= 4 is 17.5 Å². The van der Waals surface area contributed by atoms with Gasteiger partial charge in [-0.05, 0) is 40.5 Å². The Morgan fingerprint density at radius 3 is 1.86 bits per heavy atom. The molecule has 1 atom stereocenters. The number of hydrogen-bond donors (Lipinski definition) is 2. The van der Waals surface area contributed by atoms with Gasteiger partial charge in [0.05, 0.1) is 0 Å². The predicted octanol–water partition coefficient (Wildman–Crippen LogP) is 2.43. The number of aliphatic carboxylic acids is 1. The number of carboxylic acids is 1. The molecule has 21 heavy (non-hydrogen) atoms. The van der Waals surface area contributed by atoms with Crippen LogP contribution in [0, 0.1) is 0 Å². The van der Waals surface area contributed by atoms with Gasteiger partial charge in [-0.1, -0.05) is 13.8 Å². The van der Waals surface area contributed by atoms with Crippen LogP contribution in [0.25, 0.3) is 0 Å². The molecular formula is C16H24O5. The molecule has 1 rings (SSSR count). The number of carbonyl (C=O) groups is 3. The summed E-state index contributed by atoms with van der Waals surface area (Å²) in [5.41, 5.74) is -0.443. The predicted molar refractivity (Wildman–Crippen MR) is 79.9 cm³/mol. The molecule has 0 saturated heterocycles. The van der Waals surface area contributed by atoms with E-state index in [0.29, 0.717) is 22.3 Å². The van der Waals surface area contributed by atoms with E-state index >= 15 is 0 Å². The zero-order chi connectivity index (χ0) is 17.0. The van der Waals surface area contributed by atoms with Gasteiger partial charge >= 0.3 is 5.97 Å². The first kappa shape index (κ1) is 19.2. The Hall–Kier alpha value is -1.75. The van der Waals surface area contributed by atoms with Gasteiger partial charge in [0.1, 0.15) is 0 Å². The van der Waals surface area contributed by atoms with Crippen molar-refractivity contribution in [1.29, 1.82) is 0 Å². The van der Waals surface area contributed by atoms with Crippen LogP contribution in [0.15, 0.2) is 22.3 Å². The van der Waals surface area contributed by atoms with E-state index in [2.05, 4.69) is 0 Å². The second kappa shape index (κ2) is 7.31. The molecule has 5 heteroatoms. The smallest absolute Gasteiger partial charge is 0.335 e. The summed E-state index contributed by atoms with van der Waals surface area (Å²) in [6.07, 6.45) is -0.0410. The van der Waals surface area contributed by atoms with Gasteiger partial charge in [-0.25, -0.2) is 4.79 Å². The molecule has 0 aromatic heterocycles. The molecule has 1 aliphatic carbocycles. The van der Waals surface area contributed by atoms with Crippen LogP contribution in [0.3, 0.4) is 0 Å². The summed E-state index contributed by atoms with van der Waals surface area (Å²) in [4.78, 5) is 34.8. The van der Waals surface area contributed by atoms with Crippen molar-refractivity contribution in [2.24, 2.45) is 0 Å². The number of rotatable bonds is 4. The van der Waals surface area contributed by atoms with Crippen LogP contribution in [0.2, 0.25) is 0 Å². The molecule has 0 aromatic rings. The molecule has 1 aliphatic rings. The number of carboxylic acid groups (broad SMARTS) is 1. The second-order valence-corrected chi connectivity index (χ2v) is 5.09. The Bertz CT molecular complexity index is 521. The Labute approximate surface area is 125 Å². The van der Waals surface area contributed by atoms with Crippen molar-refractivity contribution in [1.82, 2.24) is 0 Å². The topological polar surface area (TPSA) is 91.7 Å². The highest BCUT2D eigenvalue weighted by molar-refractivity contribution is 6.24. The molecule has 0 radical (unpaired) electrons. The Balaban J connectivity index is 0.00000191. The fourth-order valence-corrected chi connectivity index (χ4v) is 1.93. The van der Waals surface area contributed by atoms with Gasteiger partial charge in [-0.3, -0.25) is 9.59 Å². The van der Waals surface area contributed by atoms with Gasteiger partial charge in [-0.2, -0.15) is 0 Å². The van der Waals surface area contributed by atoms with E-state index in [1.54, 1.807) is 20.8 Å². The number of ketones is 2. The minimum absolute atomic E-state index is 0.0698. The van der Waals surface area contributed by atoms with Crippen LogP contribution in [0.1, 0.15) is 54.4 Å². The highest BCUT2D eigenvalue weighted by atomic mass is 16.4. The molecule has 0 heterocycles. The third kappa shape index (κ3) is 4.11. The molecule has 0 bridgehead atoms. The van der Waals surface area contributed by atoms with E-state index < -0.39 is 11.6 Å². The average Bonchev–Trinajstić information content (AvgIpc) is 2.45. The van der Waals surface area contributed by atoms with Gasteiger partial charge in [0.2, 0.25) is 0 Å². The lowest BCUT2D eigenvalue weighted by Gasteiger charge is -2.22. The van der Waals surface area contributed by atoms with Crippen LogP contribution < -0.4 is 0 Å². The van der Waals surface area contributed by atoms with E-state index in [-0.39, 0.29) is 24.4 Å². The van der Waals surface area contributed by atoms with E-state index in [1.807, 2.05) is 13.8 Å². The number of carbonyl (C=O) groups excluding carboxylic acids is 2. The van der Waals surface area contributed by atoms with E-state index in [9.17, 15) is 19.5 Å². The van der Waals surface area contributed by atoms with E-state index in [0.717, 1.165) is 0 Å². The lowest BCUT2D eigenvalue weighted by molar-refractivity contribution is -0.157. The molecule has 0 amide bonds. The molecule has 5 nitrogen and oxygen atoms in total. The van der Waals surface area contributed by atoms with E-state index in [4.69, 9.17) is 5.11 Å². The van der Waals surface area contributed by atoms with Gasteiger partial charge in [0, 0.05) is 22.3 Å². The van der Waals surface area contributed by atoms with Gasteiger partial charge in [0.25, 0.3) is 0 Å². The summed E-state index contributed by atoms with van der Waals surface area (Å²) in [5, 5.41) is 18.5. The molecular weight excluding hydrogens is 272 g/mol. The quantitative estimate of drug-likeness (QED) is 0.777. The van der Waals surface area contributed by atoms with Gasteiger partial charge in [-0.15, -0.1) is 0 Å². The molecule has 0 aliphatic heterocycles. The van der Waals surface area contributed by atoms with Crippen molar-refractivity contribution in [3.05, 3.63) is 22.3 Å². The first-order valence-corrected chi connectivity index (χ1v) is 7.02. The average molecular weight is 296 g/mol. The van der Waals surface area contributed by atoms with E-state index in [1.165, 1.54) is 6.92 Å². The summed E-state index contributed by atoms with van der Waals surface area (Å²) < 4.78 is 0. The van der Waals surface area contributed by atoms with Crippen molar-refractivity contribution in [2.75, 3.05) is 0 Å². The zero-order valence-electron chi connectivity index (χ0n) is 13.5. The minimum atomic E-state index is -1.90. The maximum Gasteiger partial charge on any atom is 0.335 e. The summed E-state index contributed by atoms with van der Waals surface area (Å²) in [5.74, 6) is -1.78. The fourth-order valence-electron chi connectivity index (χ4n) is 1.93.